The van der Waals surface area contributed by atoms with Gasteiger partial charge in [0.05, 0.1) is 32.9 Å². The van der Waals surface area contributed by atoms with E-state index in [2.05, 4.69) is 50.2 Å². The fourth-order valence-electron chi connectivity index (χ4n) is 3.93. The van der Waals surface area contributed by atoms with Crippen LogP contribution in [-0.4, -0.2) is 29.9 Å². The molecule has 2 aromatic carbocycles. The maximum absolute atomic E-state index is 14.2. The van der Waals surface area contributed by atoms with Gasteiger partial charge >= 0.3 is 12.1 Å². The Labute approximate surface area is 251 Å². The molecular weight excluding hydrogens is 771 g/mol. The van der Waals surface area contributed by atoms with Gasteiger partial charge < -0.3 is 9.47 Å². The van der Waals surface area contributed by atoms with Crippen molar-refractivity contribution < 1.29 is 27.4 Å². The summed E-state index contributed by atoms with van der Waals surface area (Å²) in [5, 5.41) is 0.343. The third-order valence-corrected chi connectivity index (χ3v) is 8.05. The number of aromatic nitrogens is 1. The summed E-state index contributed by atoms with van der Waals surface area (Å²) in [6.07, 6.45) is -3.41. The Morgan fingerprint density at radius 3 is 2.47 bits per heavy atom. The molecule has 2 heterocycles. The summed E-state index contributed by atoms with van der Waals surface area (Å²) in [5.41, 5.74) is -1.92. The summed E-state index contributed by atoms with van der Waals surface area (Å²) in [7, 11) is 0. The Morgan fingerprint density at radius 2 is 1.87 bits per heavy atom. The highest BCUT2D eigenvalue weighted by molar-refractivity contribution is 14.1. The van der Waals surface area contributed by atoms with E-state index in [1.54, 1.807) is 6.08 Å². The fourth-order valence-corrected chi connectivity index (χ4v) is 7.09. The molecule has 1 atom stereocenters. The Hall–Kier alpha value is -1.91. The monoisotopic (exact) mass is 788 g/mol. The van der Waals surface area contributed by atoms with Gasteiger partial charge in [0.2, 0.25) is 0 Å². The predicted molar refractivity (Wildman–Crippen MR) is 155 cm³/mol. The second kappa shape index (κ2) is 11.7. The highest BCUT2D eigenvalue weighted by atomic mass is 127. The lowest BCUT2D eigenvalue weighted by Gasteiger charge is -2.26. The second-order valence-corrected chi connectivity index (χ2v) is 11.7. The van der Waals surface area contributed by atoms with Crippen molar-refractivity contribution >= 4 is 80.2 Å². The maximum Gasteiger partial charge on any atom is 0.434 e. The predicted octanol–water partition coefficient (Wildman–Crippen LogP) is 5.60. The number of hydrogen-bond acceptors (Lipinski definition) is 6. The largest absolute Gasteiger partial charge is 0.492 e. The molecule has 4 rings (SSSR count). The molecule has 0 radical (unpaired) electrons. The van der Waals surface area contributed by atoms with Crippen LogP contribution in [0, 0.1) is 7.14 Å². The molecule has 0 amide bonds. The second-order valence-electron chi connectivity index (χ2n) is 7.85. The van der Waals surface area contributed by atoms with Crippen molar-refractivity contribution in [3.63, 3.8) is 0 Å². The van der Waals surface area contributed by atoms with Gasteiger partial charge in [0, 0.05) is 14.2 Å². The van der Waals surface area contributed by atoms with Crippen molar-refractivity contribution in [2.45, 2.75) is 26.1 Å². The van der Waals surface area contributed by atoms with Crippen LogP contribution in [0.15, 0.2) is 57.5 Å². The van der Waals surface area contributed by atoms with Crippen molar-refractivity contribution in [3.05, 3.63) is 90.6 Å². The summed E-state index contributed by atoms with van der Waals surface area (Å²) >= 11 is 11.1. The van der Waals surface area contributed by atoms with E-state index in [1.807, 2.05) is 19.1 Å². The van der Waals surface area contributed by atoms with Crippen LogP contribution < -0.4 is 19.6 Å². The van der Waals surface area contributed by atoms with Crippen LogP contribution in [0.4, 0.5) is 13.2 Å². The van der Waals surface area contributed by atoms with E-state index in [1.165, 1.54) is 31.2 Å². The summed E-state index contributed by atoms with van der Waals surface area (Å²) in [4.78, 5) is 30.2. The van der Waals surface area contributed by atoms with Crippen LogP contribution in [-0.2, 0) is 9.53 Å². The normalized spacial score (nSPS) is 15.8. The van der Waals surface area contributed by atoms with Crippen LogP contribution >= 0.6 is 68.1 Å². The standard InChI is InChI=1S/C25H18ClF3I2N2O4S/c1-3-36-20-13(9-15(30)11-16(20)31)10-17-22(34)33-19(12-5-7-14(26)8-6-12)18(23(35)37-4-2)21(25(27,28)29)32-24(33)38-17/h5-11,19H,3-4H2,1-2H3/b17-10-/t19-/m1/s1. The van der Waals surface area contributed by atoms with Crippen LogP contribution in [0.1, 0.15) is 31.0 Å². The van der Waals surface area contributed by atoms with Gasteiger partial charge in [-0.1, -0.05) is 35.1 Å². The molecule has 3 aromatic rings. The zero-order chi connectivity index (χ0) is 27.8. The molecule has 1 aromatic heterocycles. The molecule has 1 aliphatic heterocycles. The van der Waals surface area contributed by atoms with E-state index in [0.29, 0.717) is 22.9 Å². The van der Waals surface area contributed by atoms with Crippen LogP contribution in [0.3, 0.4) is 0 Å². The number of allylic oxidation sites excluding steroid dienone is 1. The van der Waals surface area contributed by atoms with Gasteiger partial charge in [0.1, 0.15) is 5.75 Å². The highest BCUT2D eigenvalue weighted by Gasteiger charge is 2.45. The zero-order valence-corrected chi connectivity index (χ0v) is 25.6. The lowest BCUT2D eigenvalue weighted by atomic mass is 9.95. The lowest BCUT2D eigenvalue weighted by molar-refractivity contribution is -0.140. The number of thiazole rings is 1. The Bertz CT molecular complexity index is 1620. The summed E-state index contributed by atoms with van der Waals surface area (Å²) in [6, 6.07) is 8.19. The van der Waals surface area contributed by atoms with E-state index in [0.717, 1.165) is 23.0 Å². The van der Waals surface area contributed by atoms with E-state index >= 15 is 0 Å². The fraction of sp³-hybridized carbons (Fsp3) is 0.240. The average Bonchev–Trinajstić information content (AvgIpc) is 3.15. The number of alkyl halides is 3. The Balaban J connectivity index is 2.06. The molecule has 0 bridgehead atoms. The molecule has 1 aliphatic rings. The molecule has 13 heteroatoms. The number of ether oxygens (including phenoxy) is 2. The highest BCUT2D eigenvalue weighted by Crippen LogP contribution is 2.38. The van der Waals surface area contributed by atoms with Gasteiger partial charge in [0.15, 0.2) is 10.5 Å². The third kappa shape index (κ3) is 5.82. The van der Waals surface area contributed by atoms with Gasteiger partial charge in [-0.2, -0.15) is 13.2 Å². The molecule has 0 saturated carbocycles. The van der Waals surface area contributed by atoms with Crippen molar-refractivity contribution in [2.75, 3.05) is 13.2 Å². The molecule has 0 spiro atoms. The molecule has 0 aliphatic carbocycles. The first-order chi connectivity index (χ1) is 18.0. The number of fused-ring (bicyclic) bond motifs is 1. The first kappa shape index (κ1) is 29.1. The molecule has 200 valence electrons. The molecule has 38 heavy (non-hydrogen) atoms. The maximum atomic E-state index is 14.2. The first-order valence-corrected chi connectivity index (χ1v) is 14.5. The van der Waals surface area contributed by atoms with Gasteiger partial charge in [-0.25, -0.2) is 9.79 Å². The molecule has 0 unspecified atom stereocenters. The van der Waals surface area contributed by atoms with Crippen molar-refractivity contribution in [1.82, 2.24) is 4.57 Å². The minimum absolute atomic E-state index is 0.132. The van der Waals surface area contributed by atoms with Gasteiger partial charge in [-0.3, -0.25) is 9.36 Å². The van der Waals surface area contributed by atoms with Gasteiger partial charge in [-0.15, -0.1) is 0 Å². The summed E-state index contributed by atoms with van der Waals surface area (Å²) in [6.45, 7) is 3.54. The molecule has 6 nitrogen and oxygen atoms in total. The van der Waals surface area contributed by atoms with E-state index in [9.17, 15) is 22.8 Å². The number of benzene rings is 2. The van der Waals surface area contributed by atoms with Crippen molar-refractivity contribution in [1.29, 1.82) is 0 Å². The van der Waals surface area contributed by atoms with E-state index < -0.39 is 35.0 Å². The van der Waals surface area contributed by atoms with Gasteiger partial charge in [0.25, 0.3) is 5.56 Å². The molecule has 0 N–H and O–H groups in total. The number of rotatable bonds is 6. The van der Waals surface area contributed by atoms with Crippen molar-refractivity contribution in [2.24, 2.45) is 4.99 Å². The Morgan fingerprint density at radius 1 is 1.18 bits per heavy atom. The number of carbonyl (C=O) groups excluding carboxylic acids is 1. The number of esters is 1. The summed E-state index contributed by atoms with van der Waals surface area (Å²) < 4.78 is 56.4. The minimum atomic E-state index is -4.98. The quantitative estimate of drug-likeness (QED) is 0.241. The number of halogens is 6. The lowest BCUT2D eigenvalue weighted by Crippen LogP contribution is -2.41. The zero-order valence-electron chi connectivity index (χ0n) is 19.7. The number of nitrogens with zero attached hydrogens (tertiary/aromatic N) is 2. The van der Waals surface area contributed by atoms with Crippen LogP contribution in [0.5, 0.6) is 5.75 Å². The minimum Gasteiger partial charge on any atom is -0.492 e. The molecular formula is C25H18ClF3I2N2O4S. The average molecular weight is 789 g/mol. The number of hydrogen-bond donors (Lipinski definition) is 0. The SMILES string of the molecule is CCOC(=O)C1=C(C(F)(F)F)N=c2s/c(=C\c3cc(I)cc(I)c3OCC)c(=O)n2[C@@H]1c1ccc(Cl)cc1. The Kier molecular flexibility index (Phi) is 8.94. The van der Waals surface area contributed by atoms with Crippen molar-refractivity contribution in [3.8, 4) is 5.75 Å². The first-order valence-electron chi connectivity index (χ1n) is 11.1. The summed E-state index contributed by atoms with van der Waals surface area (Å²) in [5.74, 6) is -0.652. The van der Waals surface area contributed by atoms with Gasteiger partial charge in [-0.05, 0) is 94.9 Å². The van der Waals surface area contributed by atoms with E-state index in [4.69, 9.17) is 21.1 Å². The molecule has 0 fully saturated rings. The van der Waals surface area contributed by atoms with Crippen LogP contribution in [0.25, 0.3) is 6.08 Å². The third-order valence-electron chi connectivity index (χ3n) is 5.39. The van der Waals surface area contributed by atoms with E-state index in [-0.39, 0.29) is 21.5 Å². The topological polar surface area (TPSA) is 69.9 Å². The smallest absolute Gasteiger partial charge is 0.434 e. The number of carbonyl (C=O) groups is 1. The van der Waals surface area contributed by atoms with Crippen LogP contribution in [0.2, 0.25) is 5.02 Å². The molecule has 0 saturated heterocycles.